The Hall–Kier alpha value is -2.37. The zero-order valence-corrected chi connectivity index (χ0v) is 17.1. The number of aliphatic hydroxyl groups is 1. The number of aryl methyl sites for hydroxylation is 1. The van der Waals surface area contributed by atoms with Crippen LogP contribution in [0.4, 0.5) is 5.69 Å². The SMILES string of the molecule is Cc1ccc(N2CCN(CC(O)COc3cccc4c3CCCC4=O)CC2)cc1. The van der Waals surface area contributed by atoms with E-state index in [1.165, 1.54) is 11.3 Å². The lowest BCUT2D eigenvalue weighted by atomic mass is 9.90. The van der Waals surface area contributed by atoms with Gasteiger partial charge in [-0.15, -0.1) is 0 Å². The van der Waals surface area contributed by atoms with E-state index in [-0.39, 0.29) is 12.4 Å². The van der Waals surface area contributed by atoms with E-state index in [0.717, 1.165) is 55.9 Å². The van der Waals surface area contributed by atoms with E-state index in [9.17, 15) is 9.90 Å². The zero-order chi connectivity index (χ0) is 20.2. The highest BCUT2D eigenvalue weighted by Crippen LogP contribution is 2.29. The van der Waals surface area contributed by atoms with Crippen molar-refractivity contribution in [3.8, 4) is 5.75 Å². The lowest BCUT2D eigenvalue weighted by Gasteiger charge is -2.37. The molecule has 0 radical (unpaired) electrons. The minimum Gasteiger partial charge on any atom is -0.491 e. The number of rotatable bonds is 6. The molecule has 0 saturated carbocycles. The molecule has 2 aromatic carbocycles. The fourth-order valence-corrected chi connectivity index (χ4v) is 4.26. The van der Waals surface area contributed by atoms with Crippen LogP contribution >= 0.6 is 0 Å². The molecule has 1 atom stereocenters. The van der Waals surface area contributed by atoms with Crippen LogP contribution in [0.2, 0.25) is 0 Å². The Kier molecular flexibility index (Phi) is 6.16. The fourth-order valence-electron chi connectivity index (χ4n) is 4.26. The van der Waals surface area contributed by atoms with Gasteiger partial charge in [-0.25, -0.2) is 0 Å². The van der Waals surface area contributed by atoms with Gasteiger partial charge in [-0.05, 0) is 38.0 Å². The van der Waals surface area contributed by atoms with E-state index >= 15 is 0 Å². The van der Waals surface area contributed by atoms with Crippen LogP contribution in [-0.4, -0.2) is 61.2 Å². The number of ketones is 1. The van der Waals surface area contributed by atoms with Crippen LogP contribution in [0.15, 0.2) is 42.5 Å². The number of carbonyl (C=O) groups excluding carboxylic acids is 1. The normalized spacial score (nSPS) is 18.4. The molecule has 4 rings (SSSR count). The van der Waals surface area contributed by atoms with Crippen molar-refractivity contribution in [2.45, 2.75) is 32.3 Å². The zero-order valence-electron chi connectivity index (χ0n) is 17.1. The summed E-state index contributed by atoms with van der Waals surface area (Å²) in [5, 5.41) is 10.5. The molecule has 5 nitrogen and oxygen atoms in total. The van der Waals surface area contributed by atoms with Crippen LogP contribution in [0.5, 0.6) is 5.75 Å². The first-order valence-corrected chi connectivity index (χ1v) is 10.6. The van der Waals surface area contributed by atoms with Gasteiger partial charge < -0.3 is 14.7 Å². The van der Waals surface area contributed by atoms with Crippen molar-refractivity contribution in [1.29, 1.82) is 0 Å². The summed E-state index contributed by atoms with van der Waals surface area (Å²) in [5.74, 6) is 0.947. The molecule has 154 valence electrons. The Morgan fingerprint density at radius 1 is 1.03 bits per heavy atom. The molecular weight excluding hydrogens is 364 g/mol. The van der Waals surface area contributed by atoms with Gasteiger partial charge in [-0.3, -0.25) is 9.69 Å². The molecule has 5 heteroatoms. The van der Waals surface area contributed by atoms with Crippen molar-refractivity contribution in [2.75, 3.05) is 44.2 Å². The number of hydrogen-bond acceptors (Lipinski definition) is 5. The Balaban J connectivity index is 1.26. The Morgan fingerprint density at radius 2 is 1.79 bits per heavy atom. The molecule has 2 aromatic rings. The molecule has 29 heavy (non-hydrogen) atoms. The molecule has 1 fully saturated rings. The minimum atomic E-state index is -0.545. The van der Waals surface area contributed by atoms with Crippen molar-refractivity contribution >= 4 is 11.5 Å². The maximum Gasteiger partial charge on any atom is 0.163 e. The van der Waals surface area contributed by atoms with Crippen molar-refractivity contribution in [3.05, 3.63) is 59.2 Å². The summed E-state index contributed by atoms with van der Waals surface area (Å²) < 4.78 is 5.92. The van der Waals surface area contributed by atoms with Crippen molar-refractivity contribution in [1.82, 2.24) is 4.90 Å². The van der Waals surface area contributed by atoms with Gasteiger partial charge in [0.05, 0.1) is 0 Å². The second kappa shape index (κ2) is 8.97. The maximum atomic E-state index is 12.1. The van der Waals surface area contributed by atoms with Crippen molar-refractivity contribution in [3.63, 3.8) is 0 Å². The molecule has 1 unspecified atom stereocenters. The molecule has 2 aliphatic rings. The number of carbonyl (C=O) groups is 1. The van der Waals surface area contributed by atoms with Gasteiger partial charge in [0.1, 0.15) is 18.5 Å². The standard InChI is InChI=1S/C24H30N2O3/c1-18-8-10-19(11-9-18)26-14-12-25(13-15-26)16-20(27)17-29-24-7-3-4-21-22(24)5-2-6-23(21)28/h3-4,7-11,20,27H,2,5-6,12-17H2,1H3. The van der Waals surface area contributed by atoms with E-state index in [4.69, 9.17) is 4.74 Å². The topological polar surface area (TPSA) is 53.0 Å². The van der Waals surface area contributed by atoms with Crippen LogP contribution in [0, 0.1) is 6.92 Å². The monoisotopic (exact) mass is 394 g/mol. The maximum absolute atomic E-state index is 12.1. The van der Waals surface area contributed by atoms with Gasteiger partial charge in [0, 0.05) is 56.0 Å². The molecule has 1 aliphatic heterocycles. The van der Waals surface area contributed by atoms with E-state index < -0.39 is 6.10 Å². The van der Waals surface area contributed by atoms with E-state index in [1.54, 1.807) is 0 Å². The third kappa shape index (κ3) is 4.80. The highest BCUT2D eigenvalue weighted by atomic mass is 16.5. The first-order valence-electron chi connectivity index (χ1n) is 10.6. The second-order valence-electron chi connectivity index (χ2n) is 8.15. The van der Waals surface area contributed by atoms with E-state index in [1.807, 2.05) is 18.2 Å². The van der Waals surface area contributed by atoms with Crippen molar-refractivity contribution in [2.24, 2.45) is 0 Å². The summed E-state index contributed by atoms with van der Waals surface area (Å²) in [6.07, 6.45) is 1.82. The number of ether oxygens (including phenoxy) is 1. The minimum absolute atomic E-state index is 0.198. The van der Waals surface area contributed by atoms with Gasteiger partial charge in [0.25, 0.3) is 0 Å². The summed E-state index contributed by atoms with van der Waals surface area (Å²) in [6, 6.07) is 14.3. The number of β-amino-alcohol motifs (C(OH)–C–C–N with tert-alkyl or cyclic N) is 1. The Labute approximate surface area is 172 Å². The number of anilines is 1. The number of aliphatic hydroxyl groups excluding tert-OH is 1. The number of benzene rings is 2. The van der Waals surface area contributed by atoms with Crippen LogP contribution < -0.4 is 9.64 Å². The first-order chi connectivity index (χ1) is 14.1. The number of nitrogens with zero attached hydrogens (tertiary/aromatic N) is 2. The van der Waals surface area contributed by atoms with Gasteiger partial charge in [-0.1, -0.05) is 29.8 Å². The van der Waals surface area contributed by atoms with Crippen LogP contribution in [0.3, 0.4) is 0 Å². The third-order valence-corrected chi connectivity index (χ3v) is 5.94. The summed E-state index contributed by atoms with van der Waals surface area (Å²) in [6.45, 7) is 6.75. The number of fused-ring (bicyclic) bond motifs is 1. The lowest BCUT2D eigenvalue weighted by Crippen LogP contribution is -2.49. The highest BCUT2D eigenvalue weighted by Gasteiger charge is 2.22. The Bertz CT molecular complexity index is 842. The number of Topliss-reactive ketones (excluding diaryl/α,β-unsaturated/α-hetero) is 1. The largest absolute Gasteiger partial charge is 0.491 e. The molecule has 0 amide bonds. The summed E-state index contributed by atoms with van der Waals surface area (Å²) in [7, 11) is 0. The fraction of sp³-hybridized carbons (Fsp3) is 0.458. The Morgan fingerprint density at radius 3 is 2.55 bits per heavy atom. The predicted octanol–water partition coefficient (Wildman–Crippen LogP) is 3.08. The van der Waals surface area contributed by atoms with Crippen LogP contribution in [-0.2, 0) is 6.42 Å². The molecule has 0 bridgehead atoms. The average Bonchev–Trinajstić information content (AvgIpc) is 2.74. The molecule has 1 heterocycles. The lowest BCUT2D eigenvalue weighted by molar-refractivity contribution is 0.0658. The first kappa shape index (κ1) is 19.9. The highest BCUT2D eigenvalue weighted by molar-refractivity contribution is 5.99. The second-order valence-corrected chi connectivity index (χ2v) is 8.15. The third-order valence-electron chi connectivity index (χ3n) is 5.94. The van der Waals surface area contributed by atoms with E-state index in [0.29, 0.717) is 13.0 Å². The number of piperazine rings is 1. The van der Waals surface area contributed by atoms with Gasteiger partial charge in [0.2, 0.25) is 0 Å². The van der Waals surface area contributed by atoms with Crippen molar-refractivity contribution < 1.29 is 14.6 Å². The molecule has 1 saturated heterocycles. The molecular formula is C24H30N2O3. The van der Waals surface area contributed by atoms with Crippen LogP contribution in [0.1, 0.15) is 34.3 Å². The smallest absolute Gasteiger partial charge is 0.163 e. The summed E-state index contributed by atoms with van der Waals surface area (Å²) in [4.78, 5) is 16.8. The van der Waals surface area contributed by atoms with Gasteiger partial charge >= 0.3 is 0 Å². The summed E-state index contributed by atoms with van der Waals surface area (Å²) in [5.41, 5.74) is 4.33. The predicted molar refractivity (Wildman–Crippen MR) is 115 cm³/mol. The van der Waals surface area contributed by atoms with Gasteiger partial charge in [-0.2, -0.15) is 0 Å². The van der Waals surface area contributed by atoms with Crippen LogP contribution in [0.25, 0.3) is 0 Å². The van der Waals surface area contributed by atoms with Gasteiger partial charge in [0.15, 0.2) is 5.78 Å². The molecule has 0 aromatic heterocycles. The number of hydrogen-bond donors (Lipinski definition) is 1. The summed E-state index contributed by atoms with van der Waals surface area (Å²) >= 11 is 0. The van der Waals surface area contributed by atoms with E-state index in [2.05, 4.69) is 41.0 Å². The molecule has 0 spiro atoms. The molecule has 1 N–H and O–H groups in total. The molecule has 1 aliphatic carbocycles. The quantitative estimate of drug-likeness (QED) is 0.816. The average molecular weight is 395 g/mol.